The lowest BCUT2D eigenvalue weighted by atomic mass is 10.1. The molecule has 0 saturated carbocycles. The average molecular weight is 430 g/mol. The molecule has 2 amide bonds. The summed E-state index contributed by atoms with van der Waals surface area (Å²) in [5.41, 5.74) is 2.83. The largest absolute Gasteiger partial charge is 0.378 e. The van der Waals surface area contributed by atoms with Gasteiger partial charge in [-0.3, -0.25) is 9.59 Å². The van der Waals surface area contributed by atoms with Gasteiger partial charge in [0, 0.05) is 34.8 Å². The summed E-state index contributed by atoms with van der Waals surface area (Å²) in [6.07, 6.45) is 0. The van der Waals surface area contributed by atoms with Gasteiger partial charge in [0.1, 0.15) is 9.71 Å². The van der Waals surface area contributed by atoms with Crippen LogP contribution in [0.15, 0.2) is 30.3 Å². The highest BCUT2D eigenvalue weighted by atomic mass is 35.5. The van der Waals surface area contributed by atoms with Crippen molar-refractivity contribution in [3.05, 3.63) is 57.1 Å². The summed E-state index contributed by atoms with van der Waals surface area (Å²) in [7, 11) is 0. The summed E-state index contributed by atoms with van der Waals surface area (Å²) < 4.78 is 5.36. The number of anilines is 1. The van der Waals surface area contributed by atoms with Gasteiger partial charge in [0.05, 0.1) is 18.9 Å². The molecule has 1 aromatic carbocycles. The van der Waals surface area contributed by atoms with Gasteiger partial charge in [-0.05, 0) is 49.7 Å². The predicted molar refractivity (Wildman–Crippen MR) is 115 cm³/mol. The molecule has 4 rings (SSSR count). The molecule has 1 aliphatic heterocycles. The van der Waals surface area contributed by atoms with Gasteiger partial charge >= 0.3 is 0 Å². The number of nitrogens with one attached hydrogen (secondary N) is 1. The first kappa shape index (κ1) is 19.8. The number of carbonyl (C=O) groups excluding carboxylic acids is 2. The smallest absolute Gasteiger partial charge is 0.266 e. The zero-order valence-electron chi connectivity index (χ0n) is 16.1. The minimum atomic E-state index is -0.294. The number of aromatic nitrogens is 1. The van der Waals surface area contributed by atoms with Crippen molar-refractivity contribution >= 4 is 50.7 Å². The second kappa shape index (κ2) is 8.10. The van der Waals surface area contributed by atoms with Crippen molar-refractivity contribution in [2.75, 3.05) is 31.6 Å². The standard InChI is InChI=1S/C21H20ClN3O3S/c1-12-11-13(2)23-20-16(12)17(24-19(26)14-3-5-15(22)6-4-14)18(29-20)21(27)25-7-9-28-10-8-25/h3-6,11H,7-10H2,1-2H3,(H,24,26). The number of carbonyl (C=O) groups is 2. The molecule has 3 aromatic rings. The zero-order chi connectivity index (χ0) is 20.5. The summed E-state index contributed by atoms with van der Waals surface area (Å²) in [4.78, 5) is 33.7. The quantitative estimate of drug-likeness (QED) is 0.674. The number of nitrogens with zero attached hydrogens (tertiary/aromatic N) is 2. The second-order valence-electron chi connectivity index (χ2n) is 6.93. The van der Waals surface area contributed by atoms with Crippen LogP contribution in [0.4, 0.5) is 5.69 Å². The maximum absolute atomic E-state index is 13.2. The molecule has 8 heteroatoms. The molecule has 1 aliphatic rings. The first-order valence-corrected chi connectivity index (χ1v) is 10.5. The molecule has 1 N–H and O–H groups in total. The number of ether oxygens (including phenoxy) is 1. The Bertz CT molecular complexity index is 1090. The first-order chi connectivity index (χ1) is 13.9. The van der Waals surface area contributed by atoms with E-state index in [1.165, 1.54) is 11.3 Å². The van der Waals surface area contributed by atoms with Gasteiger partial charge in [0.2, 0.25) is 0 Å². The number of benzene rings is 1. The highest BCUT2D eigenvalue weighted by Gasteiger charge is 2.27. The van der Waals surface area contributed by atoms with Gasteiger partial charge in [0.25, 0.3) is 11.8 Å². The minimum absolute atomic E-state index is 0.111. The molecule has 29 heavy (non-hydrogen) atoms. The third-order valence-electron chi connectivity index (χ3n) is 4.82. The fraction of sp³-hybridized carbons (Fsp3) is 0.286. The van der Waals surface area contributed by atoms with Crippen molar-refractivity contribution in [3.8, 4) is 0 Å². The Hall–Kier alpha value is -2.48. The molecule has 0 aliphatic carbocycles. The van der Waals surface area contributed by atoms with Crippen LogP contribution in [-0.4, -0.2) is 48.0 Å². The Morgan fingerprint density at radius 2 is 1.86 bits per heavy atom. The van der Waals surface area contributed by atoms with Crippen LogP contribution in [-0.2, 0) is 4.74 Å². The summed E-state index contributed by atoms with van der Waals surface area (Å²) in [6, 6.07) is 8.60. The van der Waals surface area contributed by atoms with E-state index in [-0.39, 0.29) is 11.8 Å². The van der Waals surface area contributed by atoms with E-state index in [2.05, 4.69) is 10.3 Å². The summed E-state index contributed by atoms with van der Waals surface area (Å²) in [5, 5.41) is 4.32. The molecular formula is C21H20ClN3O3S. The number of fused-ring (bicyclic) bond motifs is 1. The van der Waals surface area contributed by atoms with Gasteiger partial charge in [-0.25, -0.2) is 4.98 Å². The number of halogens is 1. The van der Waals surface area contributed by atoms with E-state index >= 15 is 0 Å². The van der Waals surface area contributed by atoms with Crippen LogP contribution in [0.2, 0.25) is 5.02 Å². The summed E-state index contributed by atoms with van der Waals surface area (Å²) in [5.74, 6) is -0.405. The molecule has 0 spiro atoms. The zero-order valence-corrected chi connectivity index (χ0v) is 17.7. The van der Waals surface area contributed by atoms with Gasteiger partial charge in [-0.15, -0.1) is 11.3 Å². The Balaban J connectivity index is 1.78. The van der Waals surface area contributed by atoms with Crippen LogP contribution in [0, 0.1) is 13.8 Å². The van der Waals surface area contributed by atoms with Crippen LogP contribution >= 0.6 is 22.9 Å². The van der Waals surface area contributed by atoms with Crippen molar-refractivity contribution in [2.24, 2.45) is 0 Å². The number of pyridine rings is 1. The molecule has 150 valence electrons. The lowest BCUT2D eigenvalue weighted by Crippen LogP contribution is -2.40. The molecular weight excluding hydrogens is 410 g/mol. The van der Waals surface area contributed by atoms with E-state index in [0.717, 1.165) is 21.5 Å². The maximum atomic E-state index is 13.2. The Morgan fingerprint density at radius 3 is 2.55 bits per heavy atom. The molecule has 6 nitrogen and oxygen atoms in total. The predicted octanol–water partition coefficient (Wildman–Crippen LogP) is 4.29. The van der Waals surface area contributed by atoms with Crippen molar-refractivity contribution in [3.63, 3.8) is 0 Å². The van der Waals surface area contributed by atoms with Gasteiger partial charge in [0.15, 0.2) is 0 Å². The SMILES string of the molecule is Cc1cc(C)c2c(NC(=O)c3ccc(Cl)cc3)c(C(=O)N3CCOCC3)sc2n1. The lowest BCUT2D eigenvalue weighted by Gasteiger charge is -2.26. The van der Waals surface area contributed by atoms with E-state index in [9.17, 15) is 9.59 Å². The molecule has 3 heterocycles. The Kier molecular flexibility index (Phi) is 5.54. The lowest BCUT2D eigenvalue weighted by molar-refractivity contribution is 0.0307. The number of thiophene rings is 1. The molecule has 2 aromatic heterocycles. The van der Waals surface area contributed by atoms with Crippen molar-refractivity contribution < 1.29 is 14.3 Å². The number of hydrogen-bond donors (Lipinski definition) is 1. The average Bonchev–Trinajstić information content (AvgIpc) is 3.06. The first-order valence-electron chi connectivity index (χ1n) is 9.28. The topological polar surface area (TPSA) is 71.5 Å². The number of hydrogen-bond acceptors (Lipinski definition) is 5. The van der Waals surface area contributed by atoms with Crippen LogP contribution in [0.3, 0.4) is 0 Å². The van der Waals surface area contributed by atoms with Crippen LogP contribution in [0.5, 0.6) is 0 Å². The number of morpholine rings is 1. The fourth-order valence-electron chi connectivity index (χ4n) is 3.41. The van der Waals surface area contributed by atoms with Gasteiger partial charge in [-0.1, -0.05) is 11.6 Å². The minimum Gasteiger partial charge on any atom is -0.378 e. The number of aryl methyl sites for hydroxylation is 2. The van der Waals surface area contributed by atoms with E-state index in [1.54, 1.807) is 29.2 Å². The van der Waals surface area contributed by atoms with Crippen LogP contribution in [0.25, 0.3) is 10.2 Å². The number of rotatable bonds is 3. The Labute approximate surface area is 177 Å². The molecule has 1 fully saturated rings. The second-order valence-corrected chi connectivity index (χ2v) is 8.37. The fourth-order valence-corrected chi connectivity index (χ4v) is 4.75. The van der Waals surface area contributed by atoms with Gasteiger partial charge < -0.3 is 15.0 Å². The van der Waals surface area contributed by atoms with Crippen molar-refractivity contribution in [1.82, 2.24) is 9.88 Å². The third kappa shape index (κ3) is 3.99. The Morgan fingerprint density at radius 1 is 1.17 bits per heavy atom. The van der Waals surface area contributed by atoms with Crippen LogP contribution in [0.1, 0.15) is 31.3 Å². The molecule has 0 bridgehead atoms. The molecule has 0 atom stereocenters. The van der Waals surface area contributed by atoms with Crippen molar-refractivity contribution in [1.29, 1.82) is 0 Å². The summed E-state index contributed by atoms with van der Waals surface area (Å²) >= 11 is 7.24. The molecule has 1 saturated heterocycles. The molecule has 0 unspecified atom stereocenters. The highest BCUT2D eigenvalue weighted by molar-refractivity contribution is 7.21. The third-order valence-corrected chi connectivity index (χ3v) is 6.15. The monoisotopic (exact) mass is 429 g/mol. The summed E-state index contributed by atoms with van der Waals surface area (Å²) in [6.45, 7) is 5.97. The van der Waals surface area contributed by atoms with Crippen LogP contribution < -0.4 is 5.32 Å². The molecule has 0 radical (unpaired) electrons. The number of amides is 2. The normalized spacial score (nSPS) is 14.2. The van der Waals surface area contributed by atoms with E-state index < -0.39 is 0 Å². The van der Waals surface area contributed by atoms with Gasteiger partial charge in [-0.2, -0.15) is 0 Å². The van der Waals surface area contributed by atoms with E-state index in [1.807, 2.05) is 19.9 Å². The van der Waals surface area contributed by atoms with Crippen molar-refractivity contribution in [2.45, 2.75) is 13.8 Å². The van der Waals surface area contributed by atoms with E-state index in [0.29, 0.717) is 47.5 Å². The van der Waals surface area contributed by atoms with E-state index in [4.69, 9.17) is 16.3 Å². The highest BCUT2D eigenvalue weighted by Crippen LogP contribution is 2.38. The maximum Gasteiger partial charge on any atom is 0.266 e.